The van der Waals surface area contributed by atoms with Crippen LogP contribution in [0, 0.1) is 0 Å². The summed E-state index contributed by atoms with van der Waals surface area (Å²) in [6.45, 7) is 4.25. The molecule has 0 fully saturated rings. The molecular formula is C7H12Br2. The molecule has 0 atom stereocenters. The van der Waals surface area contributed by atoms with Gasteiger partial charge in [-0.2, -0.15) is 0 Å². The summed E-state index contributed by atoms with van der Waals surface area (Å²) in [5.74, 6) is 0. The van der Waals surface area contributed by atoms with Crippen LogP contribution in [0.1, 0.15) is 33.1 Å². The quantitative estimate of drug-likeness (QED) is 0.709. The van der Waals surface area contributed by atoms with Crippen molar-refractivity contribution in [2.24, 2.45) is 0 Å². The molecule has 54 valence electrons. The Morgan fingerprint density at radius 2 is 1.89 bits per heavy atom. The molecule has 0 radical (unpaired) electrons. The molecule has 0 nitrogen and oxygen atoms in total. The van der Waals surface area contributed by atoms with E-state index < -0.39 is 0 Å². The van der Waals surface area contributed by atoms with Crippen LogP contribution in [0.5, 0.6) is 0 Å². The van der Waals surface area contributed by atoms with Crippen LogP contribution >= 0.6 is 31.9 Å². The maximum absolute atomic E-state index is 3.48. The van der Waals surface area contributed by atoms with Crippen LogP contribution in [0.3, 0.4) is 0 Å². The molecule has 0 unspecified atom stereocenters. The smallest absolute Gasteiger partial charge is 0.00489 e. The summed E-state index contributed by atoms with van der Waals surface area (Å²) < 4.78 is 2.51. The number of rotatable bonds is 3. The molecule has 0 aliphatic heterocycles. The maximum atomic E-state index is 3.48. The molecule has 0 heterocycles. The van der Waals surface area contributed by atoms with E-state index in [0.29, 0.717) is 0 Å². The molecule has 0 aromatic carbocycles. The van der Waals surface area contributed by atoms with Crippen LogP contribution in [-0.2, 0) is 0 Å². The van der Waals surface area contributed by atoms with Gasteiger partial charge in [0.25, 0.3) is 0 Å². The molecule has 0 saturated carbocycles. The monoisotopic (exact) mass is 254 g/mol. The molecule has 0 spiro atoms. The lowest BCUT2D eigenvalue weighted by molar-refractivity contribution is 0.809. The Balaban J connectivity index is 3.50. The van der Waals surface area contributed by atoms with Gasteiger partial charge in [0.1, 0.15) is 0 Å². The lowest BCUT2D eigenvalue weighted by Gasteiger charge is -1.96. The van der Waals surface area contributed by atoms with Gasteiger partial charge in [-0.25, -0.2) is 0 Å². The van der Waals surface area contributed by atoms with Crippen LogP contribution in [0.2, 0.25) is 0 Å². The minimum Gasteiger partial charge on any atom is -0.0654 e. The van der Waals surface area contributed by atoms with Gasteiger partial charge < -0.3 is 0 Å². The van der Waals surface area contributed by atoms with Gasteiger partial charge in [0, 0.05) is 8.96 Å². The Hall–Kier alpha value is 0.700. The van der Waals surface area contributed by atoms with Crippen LogP contribution < -0.4 is 0 Å². The summed E-state index contributed by atoms with van der Waals surface area (Å²) >= 11 is 6.88. The fourth-order valence-electron chi connectivity index (χ4n) is 0.504. The van der Waals surface area contributed by atoms with Crippen molar-refractivity contribution in [2.75, 3.05) is 0 Å². The molecule has 2 heteroatoms. The topological polar surface area (TPSA) is 0 Å². The van der Waals surface area contributed by atoms with Gasteiger partial charge in [0.15, 0.2) is 0 Å². The van der Waals surface area contributed by atoms with Crippen LogP contribution in [0.25, 0.3) is 0 Å². The Bertz CT molecular complexity index is 101. The van der Waals surface area contributed by atoms with Crippen molar-refractivity contribution < 1.29 is 0 Å². The number of allylic oxidation sites excluding steroid dienone is 2. The average Bonchev–Trinajstić information content (AvgIpc) is 1.82. The number of unbranched alkanes of at least 4 members (excludes halogenated alkanes) is 1. The predicted molar refractivity (Wildman–Crippen MR) is 50.1 cm³/mol. The van der Waals surface area contributed by atoms with E-state index in [1.807, 2.05) is 0 Å². The van der Waals surface area contributed by atoms with Gasteiger partial charge in [0.2, 0.25) is 0 Å². The summed E-state index contributed by atoms with van der Waals surface area (Å²) in [5.41, 5.74) is 0. The second kappa shape index (κ2) is 5.48. The van der Waals surface area contributed by atoms with Crippen molar-refractivity contribution in [1.82, 2.24) is 0 Å². The molecule has 0 amide bonds. The van der Waals surface area contributed by atoms with E-state index in [9.17, 15) is 0 Å². The van der Waals surface area contributed by atoms with Crippen molar-refractivity contribution in [3.8, 4) is 0 Å². The van der Waals surface area contributed by atoms with Gasteiger partial charge in [-0.15, -0.1) is 0 Å². The lowest BCUT2D eigenvalue weighted by atomic mass is 10.2. The van der Waals surface area contributed by atoms with Gasteiger partial charge >= 0.3 is 0 Å². The predicted octanol–water partition coefficient (Wildman–Crippen LogP) is 4.20. The molecular weight excluding hydrogens is 244 g/mol. The average molecular weight is 256 g/mol. The fourth-order valence-corrected chi connectivity index (χ4v) is 0.983. The minimum absolute atomic E-state index is 1.16. The Morgan fingerprint density at radius 1 is 1.33 bits per heavy atom. The van der Waals surface area contributed by atoms with Gasteiger partial charge in [-0.3, -0.25) is 0 Å². The molecule has 0 aromatic heterocycles. The van der Waals surface area contributed by atoms with Gasteiger partial charge in [-0.05, 0) is 19.8 Å². The summed E-state index contributed by atoms with van der Waals surface area (Å²) in [6, 6.07) is 0. The third kappa shape index (κ3) is 5.16. The molecule has 0 rings (SSSR count). The van der Waals surface area contributed by atoms with Crippen LogP contribution in [-0.4, -0.2) is 0 Å². The largest absolute Gasteiger partial charge is 0.0654 e. The van der Waals surface area contributed by atoms with Crippen molar-refractivity contribution in [1.29, 1.82) is 0 Å². The zero-order valence-electron chi connectivity index (χ0n) is 5.88. The van der Waals surface area contributed by atoms with E-state index >= 15 is 0 Å². The molecule has 0 N–H and O–H groups in total. The first-order chi connectivity index (χ1) is 4.18. The highest BCUT2D eigenvalue weighted by Gasteiger charge is 1.93. The van der Waals surface area contributed by atoms with Crippen molar-refractivity contribution in [2.45, 2.75) is 33.1 Å². The third-order valence-corrected chi connectivity index (χ3v) is 3.13. The van der Waals surface area contributed by atoms with E-state index in [0.717, 1.165) is 6.42 Å². The van der Waals surface area contributed by atoms with E-state index in [2.05, 4.69) is 45.7 Å². The molecule has 0 aliphatic rings. The number of hydrogen-bond donors (Lipinski definition) is 0. The zero-order valence-corrected chi connectivity index (χ0v) is 9.05. The third-order valence-electron chi connectivity index (χ3n) is 1.12. The summed E-state index contributed by atoms with van der Waals surface area (Å²) in [4.78, 5) is 0. The highest BCUT2D eigenvalue weighted by atomic mass is 79.9. The van der Waals surface area contributed by atoms with Crippen LogP contribution in [0.15, 0.2) is 8.96 Å². The highest BCUT2D eigenvalue weighted by Crippen LogP contribution is 2.22. The summed E-state index contributed by atoms with van der Waals surface area (Å²) in [6.07, 6.45) is 3.69. The van der Waals surface area contributed by atoms with E-state index in [-0.39, 0.29) is 0 Å². The Kier molecular flexibility index (Phi) is 5.91. The SMILES string of the molecule is CCCC/C(Br)=C(\C)Br. The molecule has 0 aliphatic carbocycles. The van der Waals surface area contributed by atoms with Gasteiger partial charge in [0.05, 0.1) is 0 Å². The Morgan fingerprint density at radius 3 is 2.22 bits per heavy atom. The Labute approximate surface area is 74.0 Å². The maximum Gasteiger partial charge on any atom is 0.00489 e. The first-order valence-electron chi connectivity index (χ1n) is 3.19. The van der Waals surface area contributed by atoms with Gasteiger partial charge in [-0.1, -0.05) is 45.2 Å². The molecule has 0 aromatic rings. The molecule has 0 bridgehead atoms. The second-order valence-corrected chi connectivity index (χ2v) is 4.19. The van der Waals surface area contributed by atoms with Crippen LogP contribution in [0.4, 0.5) is 0 Å². The van der Waals surface area contributed by atoms with Crippen molar-refractivity contribution >= 4 is 31.9 Å². The minimum atomic E-state index is 1.16. The number of hydrogen-bond acceptors (Lipinski definition) is 0. The molecule has 0 saturated heterocycles. The summed E-state index contributed by atoms with van der Waals surface area (Å²) in [7, 11) is 0. The first kappa shape index (κ1) is 9.70. The van der Waals surface area contributed by atoms with E-state index in [4.69, 9.17) is 0 Å². The van der Waals surface area contributed by atoms with Crippen molar-refractivity contribution in [3.05, 3.63) is 8.96 Å². The standard InChI is InChI=1S/C7H12Br2/c1-3-4-5-7(9)6(2)8/h3-5H2,1-2H3/b7-6-. The number of halogens is 2. The fraction of sp³-hybridized carbons (Fsp3) is 0.714. The molecule has 9 heavy (non-hydrogen) atoms. The summed E-state index contributed by atoms with van der Waals surface area (Å²) in [5, 5.41) is 0. The van der Waals surface area contributed by atoms with Crippen molar-refractivity contribution in [3.63, 3.8) is 0 Å². The second-order valence-electron chi connectivity index (χ2n) is 2.04. The van der Waals surface area contributed by atoms with E-state index in [1.54, 1.807) is 0 Å². The lowest BCUT2D eigenvalue weighted by Crippen LogP contribution is -1.74. The zero-order chi connectivity index (χ0) is 7.28. The highest BCUT2D eigenvalue weighted by molar-refractivity contribution is 9.14. The normalized spacial score (nSPS) is 13.3. The van der Waals surface area contributed by atoms with E-state index in [1.165, 1.54) is 21.8 Å². The first-order valence-corrected chi connectivity index (χ1v) is 4.77.